The van der Waals surface area contributed by atoms with E-state index in [2.05, 4.69) is 15.0 Å². The highest BCUT2D eigenvalue weighted by atomic mass is 35.5. The summed E-state index contributed by atoms with van der Waals surface area (Å²) in [5.74, 6) is 0. The van der Waals surface area contributed by atoms with Crippen LogP contribution in [0.5, 0.6) is 0 Å². The standard InChI is InChI=1S/C10H9ClN4O/c11-9-8-10(13-4-12-9)15(5-14-8)6-1-2-7(16)3-6/h1-2,4-7,16H,3H2/t6-,7+/m1/s1. The first-order chi connectivity index (χ1) is 7.75. The Morgan fingerprint density at radius 3 is 2.94 bits per heavy atom. The monoisotopic (exact) mass is 236 g/mol. The molecule has 0 amide bonds. The van der Waals surface area contributed by atoms with E-state index in [1.54, 1.807) is 12.4 Å². The minimum atomic E-state index is -0.389. The van der Waals surface area contributed by atoms with Gasteiger partial charge in [-0.1, -0.05) is 23.8 Å². The number of allylic oxidation sites excluding steroid dienone is 1. The third-order valence-corrected chi connectivity index (χ3v) is 2.99. The Morgan fingerprint density at radius 1 is 1.31 bits per heavy atom. The van der Waals surface area contributed by atoms with Gasteiger partial charge in [-0.3, -0.25) is 0 Å². The Morgan fingerprint density at radius 2 is 2.19 bits per heavy atom. The molecule has 2 heterocycles. The molecule has 1 aliphatic rings. The van der Waals surface area contributed by atoms with Crippen molar-refractivity contribution in [3.8, 4) is 0 Å². The van der Waals surface area contributed by atoms with Crippen LogP contribution in [0, 0.1) is 0 Å². The quantitative estimate of drug-likeness (QED) is 0.600. The average molecular weight is 237 g/mol. The van der Waals surface area contributed by atoms with E-state index >= 15 is 0 Å². The van der Waals surface area contributed by atoms with E-state index < -0.39 is 0 Å². The SMILES string of the molecule is O[C@H]1C=C[C@@H](n2cnc3c(Cl)ncnc32)C1. The molecular weight excluding hydrogens is 228 g/mol. The molecule has 1 N–H and O–H groups in total. The topological polar surface area (TPSA) is 63.8 Å². The van der Waals surface area contributed by atoms with Crippen molar-refractivity contribution in [1.29, 1.82) is 0 Å². The minimum Gasteiger partial charge on any atom is -0.389 e. The smallest absolute Gasteiger partial charge is 0.165 e. The molecule has 82 valence electrons. The van der Waals surface area contributed by atoms with Crippen LogP contribution >= 0.6 is 11.6 Å². The predicted molar refractivity (Wildman–Crippen MR) is 59.1 cm³/mol. The van der Waals surface area contributed by atoms with E-state index in [-0.39, 0.29) is 12.1 Å². The fourth-order valence-electron chi connectivity index (χ4n) is 1.93. The molecule has 0 saturated heterocycles. The Labute approximate surface area is 96.4 Å². The van der Waals surface area contributed by atoms with Crippen molar-refractivity contribution in [2.75, 3.05) is 0 Å². The van der Waals surface area contributed by atoms with E-state index in [1.807, 2.05) is 10.6 Å². The van der Waals surface area contributed by atoms with Crippen LogP contribution in [0.2, 0.25) is 5.15 Å². The van der Waals surface area contributed by atoms with Crippen LogP contribution in [0.4, 0.5) is 0 Å². The molecule has 2 aromatic rings. The molecule has 0 unspecified atom stereocenters. The zero-order valence-electron chi connectivity index (χ0n) is 8.29. The molecule has 0 bridgehead atoms. The number of fused-ring (bicyclic) bond motifs is 1. The third kappa shape index (κ3) is 1.40. The highest BCUT2D eigenvalue weighted by Crippen LogP contribution is 2.27. The molecular formula is C10H9ClN4O. The zero-order valence-corrected chi connectivity index (χ0v) is 9.04. The van der Waals surface area contributed by atoms with Crippen molar-refractivity contribution >= 4 is 22.8 Å². The second-order valence-electron chi connectivity index (χ2n) is 3.74. The summed E-state index contributed by atoms with van der Waals surface area (Å²) in [4.78, 5) is 12.2. The van der Waals surface area contributed by atoms with Gasteiger partial charge in [0.25, 0.3) is 0 Å². The maximum atomic E-state index is 9.45. The van der Waals surface area contributed by atoms with Crippen molar-refractivity contribution in [3.05, 3.63) is 30.0 Å². The first kappa shape index (κ1) is 9.74. The fraction of sp³-hybridized carbons (Fsp3) is 0.300. The van der Waals surface area contributed by atoms with Gasteiger partial charge in [-0.05, 0) is 0 Å². The van der Waals surface area contributed by atoms with E-state index in [9.17, 15) is 5.11 Å². The second kappa shape index (κ2) is 3.54. The molecule has 2 aromatic heterocycles. The molecule has 0 saturated carbocycles. The number of hydrogen-bond acceptors (Lipinski definition) is 4. The number of hydrogen-bond donors (Lipinski definition) is 1. The van der Waals surface area contributed by atoms with Crippen LogP contribution in [0.15, 0.2) is 24.8 Å². The minimum absolute atomic E-state index is 0.0889. The molecule has 2 atom stereocenters. The maximum Gasteiger partial charge on any atom is 0.165 e. The van der Waals surface area contributed by atoms with Crippen LogP contribution in [0.3, 0.4) is 0 Å². The number of aliphatic hydroxyl groups excluding tert-OH is 1. The number of nitrogens with zero attached hydrogens (tertiary/aromatic N) is 4. The van der Waals surface area contributed by atoms with Crippen molar-refractivity contribution in [2.45, 2.75) is 18.6 Å². The van der Waals surface area contributed by atoms with E-state index in [1.165, 1.54) is 6.33 Å². The lowest BCUT2D eigenvalue weighted by Gasteiger charge is -2.10. The van der Waals surface area contributed by atoms with Crippen LogP contribution in [-0.2, 0) is 0 Å². The van der Waals surface area contributed by atoms with Gasteiger partial charge in [0.05, 0.1) is 18.5 Å². The van der Waals surface area contributed by atoms with Crippen LogP contribution in [0.1, 0.15) is 12.5 Å². The summed E-state index contributed by atoms with van der Waals surface area (Å²) in [5, 5.41) is 9.80. The maximum absolute atomic E-state index is 9.45. The summed E-state index contributed by atoms with van der Waals surface area (Å²) < 4.78 is 1.90. The van der Waals surface area contributed by atoms with Crippen molar-refractivity contribution in [3.63, 3.8) is 0 Å². The van der Waals surface area contributed by atoms with Crippen molar-refractivity contribution in [1.82, 2.24) is 19.5 Å². The third-order valence-electron chi connectivity index (χ3n) is 2.71. The summed E-state index contributed by atoms with van der Waals surface area (Å²) in [6.07, 6.45) is 7.07. The van der Waals surface area contributed by atoms with E-state index in [0.29, 0.717) is 22.7 Å². The molecule has 0 aliphatic heterocycles. The van der Waals surface area contributed by atoms with Crippen molar-refractivity contribution in [2.24, 2.45) is 0 Å². The number of aliphatic hydroxyl groups is 1. The number of rotatable bonds is 1. The molecule has 5 nitrogen and oxygen atoms in total. The number of halogens is 1. The van der Waals surface area contributed by atoms with Gasteiger partial charge in [0, 0.05) is 6.42 Å². The Hall–Kier alpha value is -1.46. The zero-order chi connectivity index (χ0) is 11.1. The second-order valence-corrected chi connectivity index (χ2v) is 4.10. The summed E-state index contributed by atoms with van der Waals surface area (Å²) in [6.45, 7) is 0. The summed E-state index contributed by atoms with van der Waals surface area (Å²) in [6, 6.07) is 0.0889. The van der Waals surface area contributed by atoms with Gasteiger partial charge in [-0.25, -0.2) is 15.0 Å². The van der Waals surface area contributed by atoms with Gasteiger partial charge in [0.1, 0.15) is 11.8 Å². The molecule has 0 radical (unpaired) electrons. The van der Waals surface area contributed by atoms with E-state index in [0.717, 1.165) is 0 Å². The van der Waals surface area contributed by atoms with Gasteiger partial charge >= 0.3 is 0 Å². The molecule has 6 heteroatoms. The number of imidazole rings is 1. The molecule has 0 aromatic carbocycles. The average Bonchev–Trinajstić information content (AvgIpc) is 2.84. The molecule has 0 fully saturated rings. The summed E-state index contributed by atoms with van der Waals surface area (Å²) in [7, 11) is 0. The Kier molecular flexibility index (Phi) is 2.15. The molecule has 16 heavy (non-hydrogen) atoms. The highest BCUT2D eigenvalue weighted by Gasteiger charge is 2.21. The van der Waals surface area contributed by atoms with Gasteiger partial charge in [-0.2, -0.15) is 0 Å². The van der Waals surface area contributed by atoms with Gasteiger partial charge in [0.15, 0.2) is 10.8 Å². The molecule has 0 spiro atoms. The van der Waals surface area contributed by atoms with Crippen LogP contribution in [0.25, 0.3) is 11.2 Å². The van der Waals surface area contributed by atoms with Crippen LogP contribution < -0.4 is 0 Å². The summed E-state index contributed by atoms with van der Waals surface area (Å²) >= 11 is 5.91. The highest BCUT2D eigenvalue weighted by molar-refractivity contribution is 6.33. The lowest BCUT2D eigenvalue weighted by atomic mass is 10.2. The van der Waals surface area contributed by atoms with E-state index in [4.69, 9.17) is 11.6 Å². The van der Waals surface area contributed by atoms with Crippen LogP contribution in [-0.4, -0.2) is 30.7 Å². The lowest BCUT2D eigenvalue weighted by Crippen LogP contribution is -2.07. The predicted octanol–water partition coefficient (Wildman–Crippen LogP) is 1.34. The normalized spacial score (nSPS) is 24.4. The summed E-state index contributed by atoms with van der Waals surface area (Å²) in [5.41, 5.74) is 1.29. The molecule has 1 aliphatic carbocycles. The van der Waals surface area contributed by atoms with Crippen molar-refractivity contribution < 1.29 is 5.11 Å². The Bertz CT molecular complexity index is 565. The lowest BCUT2D eigenvalue weighted by molar-refractivity contribution is 0.211. The first-order valence-corrected chi connectivity index (χ1v) is 5.33. The largest absolute Gasteiger partial charge is 0.389 e. The van der Waals surface area contributed by atoms with Gasteiger partial charge in [-0.15, -0.1) is 0 Å². The first-order valence-electron chi connectivity index (χ1n) is 4.95. The fourth-order valence-corrected chi connectivity index (χ4v) is 2.11. The number of aromatic nitrogens is 4. The van der Waals surface area contributed by atoms with Gasteiger partial charge in [0.2, 0.25) is 0 Å². The Balaban J connectivity index is 2.12. The molecule has 3 rings (SSSR count). The van der Waals surface area contributed by atoms with Gasteiger partial charge < -0.3 is 9.67 Å².